The highest BCUT2D eigenvalue weighted by molar-refractivity contribution is 9.10. The van der Waals surface area contributed by atoms with Crippen LogP contribution >= 0.6 is 15.9 Å². The van der Waals surface area contributed by atoms with Crippen molar-refractivity contribution in [2.24, 2.45) is 0 Å². The molecule has 0 saturated carbocycles. The molecule has 1 aromatic rings. The second kappa shape index (κ2) is 4.73. The lowest BCUT2D eigenvalue weighted by Gasteiger charge is -2.33. The van der Waals surface area contributed by atoms with Gasteiger partial charge in [-0.1, -0.05) is 0 Å². The standard InChI is InChI=1S/C12H16BrNO2/c1-14-4-3-8-5-12(16-2)10(13)6-9(8)11(14)7-15/h5-6,11,15H,3-4,7H2,1-2H3. The molecule has 0 fully saturated rings. The molecule has 0 amide bonds. The van der Waals surface area contributed by atoms with Gasteiger partial charge in [-0.25, -0.2) is 0 Å². The molecule has 2 rings (SSSR count). The number of rotatable bonds is 2. The summed E-state index contributed by atoms with van der Waals surface area (Å²) in [6.07, 6.45) is 1.01. The number of likely N-dealkylation sites (N-methyl/N-ethyl adjacent to an activating group) is 1. The van der Waals surface area contributed by atoms with Crippen molar-refractivity contribution in [3.05, 3.63) is 27.7 Å². The van der Waals surface area contributed by atoms with Crippen molar-refractivity contribution in [2.75, 3.05) is 27.3 Å². The summed E-state index contributed by atoms with van der Waals surface area (Å²) in [5.41, 5.74) is 2.47. The predicted octanol–water partition coefficient (Wildman–Crippen LogP) is 1.98. The fourth-order valence-electron chi connectivity index (χ4n) is 2.22. The first kappa shape index (κ1) is 11.9. The molecule has 1 aromatic carbocycles. The van der Waals surface area contributed by atoms with Crippen molar-refractivity contribution in [3.8, 4) is 5.75 Å². The number of benzene rings is 1. The van der Waals surface area contributed by atoms with Gasteiger partial charge in [-0.05, 0) is 52.7 Å². The third-order valence-electron chi connectivity index (χ3n) is 3.21. The zero-order valence-corrected chi connectivity index (χ0v) is 11.1. The second-order valence-corrected chi connectivity index (χ2v) is 4.97. The van der Waals surface area contributed by atoms with Gasteiger partial charge in [0.25, 0.3) is 0 Å². The number of nitrogens with zero attached hydrogens (tertiary/aromatic N) is 1. The summed E-state index contributed by atoms with van der Waals surface area (Å²) in [6.45, 7) is 1.13. The molecular formula is C12H16BrNO2. The Morgan fingerprint density at radius 3 is 2.94 bits per heavy atom. The van der Waals surface area contributed by atoms with Crippen LogP contribution in [0.5, 0.6) is 5.75 Å². The van der Waals surface area contributed by atoms with Crippen LogP contribution in [-0.4, -0.2) is 37.3 Å². The number of hydrogen-bond acceptors (Lipinski definition) is 3. The second-order valence-electron chi connectivity index (χ2n) is 4.11. The molecule has 88 valence electrons. The third kappa shape index (κ3) is 1.97. The highest BCUT2D eigenvalue weighted by Gasteiger charge is 2.25. The Kier molecular flexibility index (Phi) is 3.52. The smallest absolute Gasteiger partial charge is 0.133 e. The lowest BCUT2D eigenvalue weighted by atomic mass is 9.93. The maximum Gasteiger partial charge on any atom is 0.133 e. The number of ether oxygens (including phenoxy) is 1. The summed E-state index contributed by atoms with van der Waals surface area (Å²) in [6, 6.07) is 4.23. The molecule has 3 nitrogen and oxygen atoms in total. The van der Waals surface area contributed by atoms with Crippen LogP contribution in [0.3, 0.4) is 0 Å². The first-order chi connectivity index (χ1) is 7.67. The van der Waals surface area contributed by atoms with Crippen LogP contribution in [0, 0.1) is 0 Å². The first-order valence-corrected chi connectivity index (χ1v) is 6.14. The molecule has 4 heteroatoms. The molecule has 0 aliphatic carbocycles. The average Bonchev–Trinajstić information content (AvgIpc) is 2.28. The van der Waals surface area contributed by atoms with Gasteiger partial charge < -0.3 is 9.84 Å². The molecular weight excluding hydrogens is 270 g/mol. The quantitative estimate of drug-likeness (QED) is 0.902. The van der Waals surface area contributed by atoms with E-state index in [-0.39, 0.29) is 12.6 Å². The van der Waals surface area contributed by atoms with Crippen molar-refractivity contribution in [1.82, 2.24) is 4.90 Å². The fraction of sp³-hybridized carbons (Fsp3) is 0.500. The molecule has 1 atom stereocenters. The minimum atomic E-state index is 0.103. The Morgan fingerprint density at radius 2 is 2.31 bits per heavy atom. The van der Waals surface area contributed by atoms with Crippen molar-refractivity contribution in [3.63, 3.8) is 0 Å². The van der Waals surface area contributed by atoms with Gasteiger partial charge in [0.15, 0.2) is 0 Å². The molecule has 1 unspecified atom stereocenters. The van der Waals surface area contributed by atoms with E-state index >= 15 is 0 Å². The number of aliphatic hydroxyl groups is 1. The number of aliphatic hydroxyl groups excluding tert-OH is 1. The van der Waals surface area contributed by atoms with Gasteiger partial charge in [0.2, 0.25) is 0 Å². The van der Waals surface area contributed by atoms with E-state index in [1.54, 1.807) is 7.11 Å². The Bertz CT molecular complexity index is 395. The van der Waals surface area contributed by atoms with E-state index in [2.05, 4.69) is 33.0 Å². The third-order valence-corrected chi connectivity index (χ3v) is 3.83. The first-order valence-electron chi connectivity index (χ1n) is 5.34. The Balaban J connectivity index is 2.46. The predicted molar refractivity (Wildman–Crippen MR) is 66.9 cm³/mol. The summed E-state index contributed by atoms with van der Waals surface area (Å²) in [7, 11) is 3.72. The van der Waals surface area contributed by atoms with Gasteiger partial charge >= 0.3 is 0 Å². The highest BCUT2D eigenvalue weighted by atomic mass is 79.9. The molecule has 1 heterocycles. The normalized spacial score (nSPS) is 20.6. The van der Waals surface area contributed by atoms with E-state index in [1.165, 1.54) is 11.1 Å². The lowest BCUT2D eigenvalue weighted by molar-refractivity contribution is 0.139. The number of methoxy groups -OCH3 is 1. The van der Waals surface area contributed by atoms with E-state index in [0.29, 0.717) is 0 Å². The highest BCUT2D eigenvalue weighted by Crippen LogP contribution is 2.35. The van der Waals surface area contributed by atoms with Crippen LogP contribution in [0.1, 0.15) is 17.2 Å². The van der Waals surface area contributed by atoms with Crippen LogP contribution in [-0.2, 0) is 6.42 Å². The van der Waals surface area contributed by atoms with Crippen LogP contribution in [0.25, 0.3) is 0 Å². The average molecular weight is 286 g/mol. The summed E-state index contributed by atoms with van der Waals surface area (Å²) in [4.78, 5) is 2.18. The molecule has 1 aliphatic rings. The van der Waals surface area contributed by atoms with Gasteiger partial charge in [-0.15, -0.1) is 0 Å². The van der Waals surface area contributed by atoms with E-state index < -0.39 is 0 Å². The molecule has 1 N–H and O–H groups in total. The van der Waals surface area contributed by atoms with E-state index in [9.17, 15) is 5.11 Å². The van der Waals surface area contributed by atoms with Crippen LogP contribution in [0.4, 0.5) is 0 Å². The van der Waals surface area contributed by atoms with Gasteiger partial charge in [0, 0.05) is 6.54 Å². The van der Waals surface area contributed by atoms with Crippen LogP contribution < -0.4 is 4.74 Å². The lowest BCUT2D eigenvalue weighted by Crippen LogP contribution is -2.34. The van der Waals surface area contributed by atoms with Crippen LogP contribution in [0.2, 0.25) is 0 Å². The Hall–Kier alpha value is -0.580. The largest absolute Gasteiger partial charge is 0.496 e. The summed E-state index contributed by atoms with van der Waals surface area (Å²) >= 11 is 3.49. The fourth-order valence-corrected chi connectivity index (χ4v) is 2.74. The van der Waals surface area contributed by atoms with Crippen molar-refractivity contribution >= 4 is 15.9 Å². The molecule has 0 spiro atoms. The van der Waals surface area contributed by atoms with Gasteiger partial charge in [-0.2, -0.15) is 0 Å². The molecule has 0 radical (unpaired) electrons. The zero-order valence-electron chi connectivity index (χ0n) is 9.53. The van der Waals surface area contributed by atoms with Crippen molar-refractivity contribution in [2.45, 2.75) is 12.5 Å². The van der Waals surface area contributed by atoms with E-state index in [1.807, 2.05) is 7.05 Å². The summed E-state index contributed by atoms with van der Waals surface area (Å²) < 4.78 is 6.23. The monoisotopic (exact) mass is 285 g/mol. The van der Waals surface area contributed by atoms with Crippen molar-refractivity contribution < 1.29 is 9.84 Å². The van der Waals surface area contributed by atoms with Crippen molar-refractivity contribution in [1.29, 1.82) is 0 Å². The number of fused-ring (bicyclic) bond motifs is 1. The molecule has 0 bridgehead atoms. The summed E-state index contributed by atoms with van der Waals surface area (Å²) in [5, 5.41) is 9.44. The maximum atomic E-state index is 9.44. The topological polar surface area (TPSA) is 32.7 Å². The van der Waals surface area contributed by atoms with E-state index in [0.717, 1.165) is 23.2 Å². The van der Waals surface area contributed by atoms with E-state index in [4.69, 9.17) is 4.74 Å². The number of hydrogen-bond donors (Lipinski definition) is 1. The SMILES string of the molecule is COc1cc2c(cc1Br)C(CO)N(C)CC2. The molecule has 1 aliphatic heterocycles. The van der Waals surface area contributed by atoms with Gasteiger partial charge in [0.1, 0.15) is 5.75 Å². The maximum absolute atomic E-state index is 9.44. The number of halogens is 1. The Labute approximate surface area is 104 Å². The minimum Gasteiger partial charge on any atom is -0.496 e. The van der Waals surface area contributed by atoms with Crippen LogP contribution in [0.15, 0.2) is 16.6 Å². The molecule has 16 heavy (non-hydrogen) atoms. The molecule has 0 aromatic heterocycles. The minimum absolute atomic E-state index is 0.103. The van der Waals surface area contributed by atoms with Gasteiger partial charge in [0.05, 0.1) is 24.2 Å². The van der Waals surface area contributed by atoms with Gasteiger partial charge in [-0.3, -0.25) is 4.90 Å². The summed E-state index contributed by atoms with van der Waals surface area (Å²) in [5.74, 6) is 0.861. The zero-order chi connectivity index (χ0) is 11.7. The Morgan fingerprint density at radius 1 is 1.56 bits per heavy atom. The molecule has 0 saturated heterocycles.